The molecule has 2 aromatic carbocycles. The maximum Gasteiger partial charge on any atom is 0.271 e. The van der Waals surface area contributed by atoms with Crippen LogP contribution in [0.15, 0.2) is 77.3 Å². The third kappa shape index (κ3) is 4.51. The Morgan fingerprint density at radius 3 is 2.62 bits per heavy atom. The van der Waals surface area contributed by atoms with Crippen LogP contribution in [0, 0.1) is 11.6 Å². The van der Waals surface area contributed by atoms with Gasteiger partial charge in [-0.15, -0.1) is 11.3 Å². The Kier molecular flexibility index (Phi) is 6.28. The standard InChI is InChI=1S/C27H22F2N6O3S/c1-16(27(37,12-34-14-30-13-33-34)20-7-6-19(28)10-21(20)29)35-15-32-22-11-23(39-24(22)26(35)36)17-2-4-18(5-3-17)25-31-8-9-38-25/h2-7,10-11,13-16,37H,8-9,12H2,1H3/t16-,27-/m1/s1. The smallest absolute Gasteiger partial charge is 0.271 e. The fourth-order valence-electron chi connectivity index (χ4n) is 4.70. The number of halogens is 2. The van der Waals surface area contributed by atoms with E-state index in [0.29, 0.717) is 35.3 Å². The van der Waals surface area contributed by atoms with Gasteiger partial charge >= 0.3 is 0 Å². The fourth-order valence-corrected chi connectivity index (χ4v) is 5.76. The quantitative estimate of drug-likeness (QED) is 0.330. The fraction of sp³-hybridized carbons (Fsp3) is 0.222. The molecule has 1 N–H and O–H groups in total. The van der Waals surface area contributed by atoms with Gasteiger partial charge in [-0.05, 0) is 36.8 Å². The number of aromatic nitrogens is 5. The molecule has 0 bridgehead atoms. The van der Waals surface area contributed by atoms with Gasteiger partial charge in [-0.1, -0.05) is 18.2 Å². The minimum atomic E-state index is -1.99. The summed E-state index contributed by atoms with van der Waals surface area (Å²) in [5.41, 5.74) is -0.285. The van der Waals surface area contributed by atoms with E-state index in [1.54, 1.807) is 6.92 Å². The first kappa shape index (κ1) is 25.0. The number of aliphatic imine (C=N–C) groups is 1. The molecule has 1 aliphatic heterocycles. The van der Waals surface area contributed by atoms with Crippen molar-refractivity contribution in [3.05, 3.63) is 101 Å². The second-order valence-electron chi connectivity index (χ2n) is 9.21. The van der Waals surface area contributed by atoms with Crippen molar-refractivity contribution < 1.29 is 18.6 Å². The maximum atomic E-state index is 15.0. The van der Waals surface area contributed by atoms with Gasteiger partial charge in [0.05, 0.1) is 31.0 Å². The summed E-state index contributed by atoms with van der Waals surface area (Å²) in [5.74, 6) is -1.11. The monoisotopic (exact) mass is 548 g/mol. The molecule has 39 heavy (non-hydrogen) atoms. The van der Waals surface area contributed by atoms with Crippen LogP contribution in [-0.2, 0) is 16.9 Å². The molecule has 1 aliphatic rings. The molecule has 198 valence electrons. The molecular weight excluding hydrogens is 526 g/mol. The van der Waals surface area contributed by atoms with E-state index >= 15 is 0 Å². The summed E-state index contributed by atoms with van der Waals surface area (Å²) in [6.07, 6.45) is 3.98. The Morgan fingerprint density at radius 1 is 1.13 bits per heavy atom. The van der Waals surface area contributed by atoms with E-state index < -0.39 is 28.8 Å². The zero-order chi connectivity index (χ0) is 27.1. The first-order valence-electron chi connectivity index (χ1n) is 12.1. The van der Waals surface area contributed by atoms with Gasteiger partial charge in [0, 0.05) is 22.1 Å². The Morgan fingerprint density at radius 2 is 1.92 bits per heavy atom. The molecule has 0 amide bonds. The molecule has 2 atom stereocenters. The van der Waals surface area contributed by atoms with Crippen molar-refractivity contribution in [2.45, 2.75) is 25.1 Å². The van der Waals surface area contributed by atoms with Crippen LogP contribution in [0.25, 0.3) is 20.7 Å². The number of hydrogen-bond acceptors (Lipinski definition) is 8. The van der Waals surface area contributed by atoms with Gasteiger partial charge in [-0.2, -0.15) is 5.10 Å². The van der Waals surface area contributed by atoms with E-state index in [1.165, 1.54) is 45.6 Å². The van der Waals surface area contributed by atoms with Crippen molar-refractivity contribution in [1.29, 1.82) is 0 Å². The van der Waals surface area contributed by atoms with Gasteiger partial charge < -0.3 is 9.84 Å². The lowest BCUT2D eigenvalue weighted by Gasteiger charge is -2.35. The van der Waals surface area contributed by atoms with Crippen LogP contribution in [-0.4, -0.2) is 48.5 Å². The number of hydrogen-bond donors (Lipinski definition) is 1. The van der Waals surface area contributed by atoms with Gasteiger partial charge in [0.25, 0.3) is 5.56 Å². The molecule has 9 nitrogen and oxygen atoms in total. The summed E-state index contributed by atoms with van der Waals surface area (Å²) in [6.45, 7) is 2.56. The summed E-state index contributed by atoms with van der Waals surface area (Å²) in [7, 11) is 0. The molecule has 5 aromatic rings. The average Bonchev–Trinajstić information content (AvgIpc) is 3.71. The van der Waals surface area contributed by atoms with Gasteiger partial charge in [0.2, 0.25) is 5.90 Å². The second kappa shape index (κ2) is 9.79. The molecule has 0 aliphatic carbocycles. The Labute approximate surface area is 224 Å². The third-order valence-corrected chi connectivity index (χ3v) is 8.00. The molecular formula is C27H22F2N6O3S. The highest BCUT2D eigenvalue weighted by Crippen LogP contribution is 2.37. The predicted octanol–water partition coefficient (Wildman–Crippen LogP) is 3.92. The average molecular weight is 549 g/mol. The molecule has 4 heterocycles. The van der Waals surface area contributed by atoms with Crippen LogP contribution in [0.2, 0.25) is 0 Å². The number of aliphatic hydroxyl groups is 1. The topological polar surface area (TPSA) is 107 Å². The van der Waals surface area contributed by atoms with Crippen LogP contribution in [0.1, 0.15) is 24.1 Å². The molecule has 0 unspecified atom stereocenters. The number of rotatable bonds is 7. The molecule has 0 spiro atoms. The lowest BCUT2D eigenvalue weighted by atomic mass is 9.86. The highest BCUT2D eigenvalue weighted by Gasteiger charge is 2.41. The number of nitrogens with zero attached hydrogens (tertiary/aromatic N) is 6. The Balaban J connectivity index is 1.39. The number of benzene rings is 2. The first-order valence-corrected chi connectivity index (χ1v) is 12.9. The highest BCUT2D eigenvalue weighted by molar-refractivity contribution is 7.22. The number of thiophene rings is 1. The van der Waals surface area contributed by atoms with E-state index in [1.807, 2.05) is 30.3 Å². The summed E-state index contributed by atoms with van der Waals surface area (Å²) in [6, 6.07) is 11.4. The zero-order valence-corrected chi connectivity index (χ0v) is 21.5. The molecule has 0 saturated heterocycles. The van der Waals surface area contributed by atoms with Crippen molar-refractivity contribution in [1.82, 2.24) is 24.3 Å². The second-order valence-corrected chi connectivity index (χ2v) is 10.3. The molecule has 0 fully saturated rings. The van der Waals surface area contributed by atoms with E-state index in [4.69, 9.17) is 4.74 Å². The minimum Gasteiger partial charge on any atom is -0.476 e. The summed E-state index contributed by atoms with van der Waals surface area (Å²) in [5, 5.41) is 15.9. The molecule has 0 saturated carbocycles. The van der Waals surface area contributed by atoms with Crippen LogP contribution in [0.4, 0.5) is 8.78 Å². The van der Waals surface area contributed by atoms with Crippen molar-refractivity contribution in [2.75, 3.05) is 13.2 Å². The van der Waals surface area contributed by atoms with Gasteiger partial charge in [0.1, 0.15) is 41.2 Å². The van der Waals surface area contributed by atoms with Gasteiger partial charge in [0.15, 0.2) is 0 Å². The van der Waals surface area contributed by atoms with Crippen LogP contribution >= 0.6 is 11.3 Å². The SMILES string of the molecule is C[C@@H](n1cnc2cc(-c3ccc(C4=NCCO4)cc3)sc2c1=O)[C@](O)(Cn1cncn1)c1ccc(F)cc1F. The Hall–Kier alpha value is -4.29. The molecule has 12 heteroatoms. The maximum absolute atomic E-state index is 15.0. The zero-order valence-electron chi connectivity index (χ0n) is 20.7. The van der Waals surface area contributed by atoms with E-state index in [0.717, 1.165) is 22.1 Å². The largest absolute Gasteiger partial charge is 0.476 e. The van der Waals surface area contributed by atoms with Crippen molar-refractivity contribution >= 4 is 27.5 Å². The van der Waals surface area contributed by atoms with Crippen LogP contribution in [0.3, 0.4) is 0 Å². The summed E-state index contributed by atoms with van der Waals surface area (Å²) in [4.78, 5) is 27.2. The number of fused-ring (bicyclic) bond motifs is 1. The van der Waals surface area contributed by atoms with Gasteiger partial charge in [-0.25, -0.2) is 28.4 Å². The molecule has 3 aromatic heterocycles. The van der Waals surface area contributed by atoms with E-state index in [9.17, 15) is 18.7 Å². The van der Waals surface area contributed by atoms with Gasteiger partial charge in [-0.3, -0.25) is 9.36 Å². The third-order valence-electron chi connectivity index (χ3n) is 6.84. The predicted molar refractivity (Wildman–Crippen MR) is 142 cm³/mol. The lowest BCUT2D eigenvalue weighted by molar-refractivity contribution is -0.0343. The highest BCUT2D eigenvalue weighted by atomic mass is 32.1. The van der Waals surface area contributed by atoms with E-state index in [-0.39, 0.29) is 12.1 Å². The summed E-state index contributed by atoms with van der Waals surface area (Å²) < 4.78 is 37.1. The number of ether oxygens (including phenoxy) is 1. The first-order chi connectivity index (χ1) is 18.8. The van der Waals surface area contributed by atoms with Crippen LogP contribution in [0.5, 0.6) is 0 Å². The van der Waals surface area contributed by atoms with Crippen LogP contribution < -0.4 is 5.56 Å². The normalized spacial score (nSPS) is 15.6. The molecule has 0 radical (unpaired) electrons. The summed E-state index contributed by atoms with van der Waals surface area (Å²) >= 11 is 1.27. The molecule has 6 rings (SSSR count). The van der Waals surface area contributed by atoms with Crippen molar-refractivity contribution in [3.8, 4) is 10.4 Å². The van der Waals surface area contributed by atoms with Crippen molar-refractivity contribution in [2.24, 2.45) is 4.99 Å². The van der Waals surface area contributed by atoms with Crippen molar-refractivity contribution in [3.63, 3.8) is 0 Å². The minimum absolute atomic E-state index is 0.179. The Bertz CT molecular complexity index is 1750. The van der Waals surface area contributed by atoms with E-state index in [2.05, 4.69) is 20.1 Å². The lowest BCUT2D eigenvalue weighted by Crippen LogP contribution is -2.43.